The average molecular weight is 407 g/mol. The molecule has 0 unspecified atom stereocenters. The van der Waals surface area contributed by atoms with E-state index in [9.17, 15) is 13.6 Å². The van der Waals surface area contributed by atoms with Crippen LogP contribution in [0.15, 0.2) is 29.1 Å². The van der Waals surface area contributed by atoms with Gasteiger partial charge in [-0.05, 0) is 19.1 Å². The van der Waals surface area contributed by atoms with Crippen LogP contribution >= 0.6 is 11.3 Å². The number of aromatic amines is 1. The number of thiazole rings is 1. The van der Waals surface area contributed by atoms with Gasteiger partial charge >= 0.3 is 0 Å². The highest BCUT2D eigenvalue weighted by molar-refractivity contribution is 7.22. The van der Waals surface area contributed by atoms with Crippen molar-refractivity contribution in [1.82, 2.24) is 15.0 Å². The number of para-hydroxylation sites is 1. The third-order valence-corrected chi connectivity index (χ3v) is 5.57. The van der Waals surface area contributed by atoms with Crippen molar-refractivity contribution < 1.29 is 13.5 Å². The summed E-state index contributed by atoms with van der Waals surface area (Å²) in [7, 11) is 0. The van der Waals surface area contributed by atoms with E-state index >= 15 is 0 Å². The molecule has 1 fully saturated rings. The Labute approximate surface area is 163 Å². The molecule has 0 amide bonds. The van der Waals surface area contributed by atoms with Crippen molar-refractivity contribution in [2.45, 2.75) is 13.3 Å². The van der Waals surface area contributed by atoms with Crippen LogP contribution in [0.5, 0.6) is 5.75 Å². The fourth-order valence-electron chi connectivity index (χ4n) is 3.15. The molecular formula is C18H19F2N5O2S. The number of ether oxygens (including phenoxy) is 1. The van der Waals surface area contributed by atoms with E-state index in [2.05, 4.69) is 14.9 Å². The number of fused-ring (bicyclic) bond motifs is 1. The first-order chi connectivity index (χ1) is 13.5. The van der Waals surface area contributed by atoms with Gasteiger partial charge in [-0.1, -0.05) is 17.4 Å². The van der Waals surface area contributed by atoms with Crippen molar-refractivity contribution >= 4 is 32.6 Å². The number of nitrogens with zero attached hydrogens (tertiary/aromatic N) is 4. The first-order valence-electron chi connectivity index (χ1n) is 8.97. The lowest BCUT2D eigenvalue weighted by Crippen LogP contribution is -2.47. The summed E-state index contributed by atoms with van der Waals surface area (Å²) in [6.07, 6.45) is -2.77. The molecule has 1 N–H and O–H groups in total. The van der Waals surface area contributed by atoms with Gasteiger partial charge in [0.25, 0.3) is 12.0 Å². The molecule has 3 aromatic rings. The molecule has 28 heavy (non-hydrogen) atoms. The molecule has 0 radical (unpaired) electrons. The Morgan fingerprint density at radius 2 is 1.96 bits per heavy atom. The number of hydrogen-bond acceptors (Lipinski definition) is 7. The fourth-order valence-corrected chi connectivity index (χ4v) is 4.19. The van der Waals surface area contributed by atoms with Gasteiger partial charge in [-0.15, -0.1) is 0 Å². The number of H-pyrrole nitrogens is 1. The maximum Gasteiger partial charge on any atom is 0.280 e. The molecule has 1 saturated heterocycles. The van der Waals surface area contributed by atoms with Gasteiger partial charge in [-0.3, -0.25) is 9.78 Å². The third kappa shape index (κ3) is 3.64. The summed E-state index contributed by atoms with van der Waals surface area (Å²) in [5.74, 6) is 0.956. The molecule has 1 aromatic carbocycles. The smallest absolute Gasteiger partial charge is 0.280 e. The molecule has 7 nitrogen and oxygen atoms in total. The Hall–Kier alpha value is -2.75. The molecule has 1 aliphatic heterocycles. The highest BCUT2D eigenvalue weighted by Crippen LogP contribution is 2.34. The normalized spacial score (nSPS) is 14.9. The minimum absolute atomic E-state index is 0.186. The molecule has 0 bridgehead atoms. The Kier molecular flexibility index (Phi) is 5.12. The van der Waals surface area contributed by atoms with E-state index in [4.69, 9.17) is 9.72 Å². The molecule has 2 aromatic heterocycles. The van der Waals surface area contributed by atoms with Crippen molar-refractivity contribution in [3.8, 4) is 5.75 Å². The first kappa shape index (κ1) is 18.6. The average Bonchev–Trinajstić information content (AvgIpc) is 3.13. The van der Waals surface area contributed by atoms with E-state index in [1.54, 1.807) is 11.3 Å². The number of aromatic nitrogens is 3. The van der Waals surface area contributed by atoms with Gasteiger partial charge in [-0.25, -0.2) is 18.7 Å². The molecule has 0 atom stereocenters. The van der Waals surface area contributed by atoms with Gasteiger partial charge in [0.2, 0.25) is 5.95 Å². The quantitative estimate of drug-likeness (QED) is 0.701. The molecule has 0 aliphatic carbocycles. The monoisotopic (exact) mass is 407 g/mol. The van der Waals surface area contributed by atoms with Crippen molar-refractivity contribution in [3.05, 3.63) is 40.3 Å². The number of rotatable bonds is 5. The fraction of sp³-hybridized carbons (Fsp3) is 0.389. The molecular weight excluding hydrogens is 388 g/mol. The minimum Gasteiger partial charge on any atom is -0.492 e. The largest absolute Gasteiger partial charge is 0.492 e. The van der Waals surface area contributed by atoms with E-state index in [1.165, 1.54) is 0 Å². The minimum atomic E-state index is -2.77. The van der Waals surface area contributed by atoms with Gasteiger partial charge in [0.05, 0.1) is 11.3 Å². The van der Waals surface area contributed by atoms with Crippen LogP contribution in [-0.4, -0.2) is 47.7 Å². The number of piperazine rings is 1. The van der Waals surface area contributed by atoms with Crippen molar-refractivity contribution in [2.75, 3.05) is 42.6 Å². The van der Waals surface area contributed by atoms with Crippen LogP contribution in [0.25, 0.3) is 10.2 Å². The van der Waals surface area contributed by atoms with Gasteiger partial charge in [0, 0.05) is 32.2 Å². The summed E-state index contributed by atoms with van der Waals surface area (Å²) in [6, 6.07) is 6.71. The van der Waals surface area contributed by atoms with Crippen LogP contribution in [0.2, 0.25) is 0 Å². The second kappa shape index (κ2) is 7.70. The first-order valence-corrected chi connectivity index (χ1v) is 9.78. The maximum absolute atomic E-state index is 12.9. The second-order valence-electron chi connectivity index (χ2n) is 6.30. The van der Waals surface area contributed by atoms with Crippen LogP contribution in [0.3, 0.4) is 0 Å². The van der Waals surface area contributed by atoms with Crippen molar-refractivity contribution in [3.63, 3.8) is 0 Å². The van der Waals surface area contributed by atoms with E-state index in [-0.39, 0.29) is 5.95 Å². The van der Waals surface area contributed by atoms with Gasteiger partial charge in [0.15, 0.2) is 5.13 Å². The Balaban J connectivity index is 1.51. The number of nitrogens with one attached hydrogen (secondary N) is 1. The third-order valence-electron chi connectivity index (χ3n) is 4.49. The van der Waals surface area contributed by atoms with Gasteiger partial charge in [0.1, 0.15) is 17.0 Å². The number of benzene rings is 1. The van der Waals surface area contributed by atoms with Crippen molar-refractivity contribution in [2.24, 2.45) is 0 Å². The number of halogens is 2. The van der Waals surface area contributed by atoms with Crippen LogP contribution in [0, 0.1) is 0 Å². The lowest BCUT2D eigenvalue weighted by Gasteiger charge is -2.34. The van der Waals surface area contributed by atoms with E-state index in [1.807, 2.05) is 30.0 Å². The molecule has 1 aliphatic rings. The molecule has 148 valence electrons. The van der Waals surface area contributed by atoms with Crippen LogP contribution < -0.4 is 20.1 Å². The topological polar surface area (TPSA) is 74.3 Å². The lowest BCUT2D eigenvalue weighted by molar-refractivity contribution is 0.146. The summed E-state index contributed by atoms with van der Waals surface area (Å²) in [5, 5.41) is 0.893. The zero-order valence-corrected chi connectivity index (χ0v) is 16.0. The van der Waals surface area contributed by atoms with E-state index in [0.29, 0.717) is 32.8 Å². The summed E-state index contributed by atoms with van der Waals surface area (Å²) < 4.78 is 32.5. The summed E-state index contributed by atoms with van der Waals surface area (Å²) in [4.78, 5) is 26.8. The molecule has 3 heterocycles. The SMILES string of the molecule is CCOc1cccc2sc(N3CCN(c4nc(C(F)F)cc(=O)[nH]4)CC3)nc12. The van der Waals surface area contributed by atoms with E-state index in [0.717, 1.165) is 27.2 Å². The summed E-state index contributed by atoms with van der Waals surface area (Å²) >= 11 is 1.59. The standard InChI is InChI=1S/C18H19F2N5O2S/c1-2-27-12-4-3-5-13-15(12)23-18(28-13)25-8-6-24(7-9-25)17-21-11(16(19)20)10-14(26)22-17/h3-5,10,16H,2,6-9H2,1H3,(H,21,22,26). The lowest BCUT2D eigenvalue weighted by atomic mass is 10.3. The zero-order valence-electron chi connectivity index (χ0n) is 15.2. The highest BCUT2D eigenvalue weighted by atomic mass is 32.1. The maximum atomic E-state index is 12.9. The number of hydrogen-bond donors (Lipinski definition) is 1. The second-order valence-corrected chi connectivity index (χ2v) is 7.31. The van der Waals surface area contributed by atoms with Crippen molar-refractivity contribution in [1.29, 1.82) is 0 Å². The Morgan fingerprint density at radius 3 is 2.68 bits per heavy atom. The van der Waals surface area contributed by atoms with Crippen LogP contribution in [0.1, 0.15) is 19.0 Å². The predicted octanol–water partition coefficient (Wildman–Crippen LogP) is 3.04. The van der Waals surface area contributed by atoms with Crippen LogP contribution in [-0.2, 0) is 0 Å². The number of alkyl halides is 2. The van der Waals surface area contributed by atoms with Gasteiger partial charge < -0.3 is 14.5 Å². The molecule has 0 spiro atoms. The van der Waals surface area contributed by atoms with E-state index < -0.39 is 17.7 Å². The Bertz CT molecular complexity index is 1030. The molecule has 4 rings (SSSR count). The predicted molar refractivity (Wildman–Crippen MR) is 105 cm³/mol. The highest BCUT2D eigenvalue weighted by Gasteiger charge is 2.23. The van der Waals surface area contributed by atoms with Gasteiger partial charge in [-0.2, -0.15) is 0 Å². The zero-order chi connectivity index (χ0) is 19.7. The number of anilines is 2. The molecule has 10 heteroatoms. The Morgan fingerprint density at radius 1 is 1.21 bits per heavy atom. The summed E-state index contributed by atoms with van der Waals surface area (Å²) in [5.41, 5.74) is -0.226. The molecule has 0 saturated carbocycles. The summed E-state index contributed by atoms with van der Waals surface area (Å²) in [6.45, 7) is 4.90. The van der Waals surface area contributed by atoms with Crippen LogP contribution in [0.4, 0.5) is 19.9 Å².